The van der Waals surface area contributed by atoms with Crippen molar-refractivity contribution in [3.8, 4) is 0 Å². The van der Waals surface area contributed by atoms with Crippen LogP contribution in [0.3, 0.4) is 0 Å². The maximum Gasteiger partial charge on any atom is 0.108 e. The average molecular weight is 235 g/mol. The number of nitrogens with zero attached hydrogens (tertiary/aromatic N) is 2. The molecule has 1 aliphatic heterocycles. The van der Waals surface area contributed by atoms with E-state index in [4.69, 9.17) is 5.73 Å². The molecule has 1 atom stereocenters. The van der Waals surface area contributed by atoms with Gasteiger partial charge in [0.2, 0.25) is 0 Å². The van der Waals surface area contributed by atoms with E-state index in [1.54, 1.807) is 29.3 Å². The number of fused-ring (bicyclic) bond motifs is 1. The van der Waals surface area contributed by atoms with Gasteiger partial charge in [-0.05, 0) is 12.5 Å². The van der Waals surface area contributed by atoms with Crippen molar-refractivity contribution in [1.82, 2.24) is 9.97 Å². The van der Waals surface area contributed by atoms with E-state index in [1.165, 1.54) is 4.70 Å². The Kier molecular flexibility index (Phi) is 2.14. The second kappa shape index (κ2) is 3.50. The lowest BCUT2D eigenvalue weighted by atomic mass is 10.3. The van der Waals surface area contributed by atoms with Gasteiger partial charge in [0.25, 0.3) is 0 Å². The van der Waals surface area contributed by atoms with Crippen molar-refractivity contribution in [2.75, 3.05) is 0 Å². The largest absolute Gasteiger partial charge is 0.394 e. The summed E-state index contributed by atoms with van der Waals surface area (Å²) in [5.74, 6) is 0. The van der Waals surface area contributed by atoms with Crippen LogP contribution in [-0.2, 0) is 0 Å². The first-order chi connectivity index (χ1) is 7.33. The van der Waals surface area contributed by atoms with Crippen molar-refractivity contribution < 1.29 is 0 Å². The molecule has 0 aromatic carbocycles. The highest BCUT2D eigenvalue weighted by molar-refractivity contribution is 8.03. The average Bonchev–Trinajstić information content (AvgIpc) is 2.82. The van der Waals surface area contributed by atoms with E-state index in [0.29, 0.717) is 5.25 Å². The smallest absolute Gasteiger partial charge is 0.108 e. The van der Waals surface area contributed by atoms with Gasteiger partial charge in [-0.15, -0.1) is 11.3 Å². The SMILES string of the molecule is NC1=CCC(c2nc3cnccc3s2)S1. The monoisotopic (exact) mass is 235 g/mol. The number of aromatic nitrogens is 2. The van der Waals surface area contributed by atoms with Crippen molar-refractivity contribution in [2.45, 2.75) is 11.7 Å². The Morgan fingerprint density at radius 1 is 1.47 bits per heavy atom. The first-order valence-corrected chi connectivity index (χ1v) is 6.35. The van der Waals surface area contributed by atoms with Crippen LogP contribution in [-0.4, -0.2) is 9.97 Å². The van der Waals surface area contributed by atoms with Crippen LogP contribution in [0.1, 0.15) is 16.7 Å². The molecule has 0 saturated carbocycles. The summed E-state index contributed by atoms with van der Waals surface area (Å²) >= 11 is 3.44. The Labute approximate surface area is 95.4 Å². The van der Waals surface area contributed by atoms with Gasteiger partial charge in [0.1, 0.15) is 5.01 Å². The van der Waals surface area contributed by atoms with Gasteiger partial charge in [-0.25, -0.2) is 4.98 Å². The van der Waals surface area contributed by atoms with E-state index in [0.717, 1.165) is 22.0 Å². The number of hydrogen-bond acceptors (Lipinski definition) is 5. The predicted octanol–water partition coefficient (Wildman–Crippen LogP) is 2.67. The maximum absolute atomic E-state index is 5.75. The lowest BCUT2D eigenvalue weighted by Crippen LogP contribution is -1.89. The first-order valence-electron chi connectivity index (χ1n) is 4.65. The van der Waals surface area contributed by atoms with E-state index in [-0.39, 0.29) is 0 Å². The molecule has 0 bridgehead atoms. The van der Waals surface area contributed by atoms with Gasteiger partial charge in [0.15, 0.2) is 0 Å². The van der Waals surface area contributed by atoms with Gasteiger partial charge in [0.05, 0.1) is 26.7 Å². The molecule has 3 rings (SSSR count). The van der Waals surface area contributed by atoms with Gasteiger partial charge < -0.3 is 5.73 Å². The van der Waals surface area contributed by atoms with E-state index < -0.39 is 0 Å². The molecule has 0 radical (unpaired) electrons. The number of rotatable bonds is 1. The summed E-state index contributed by atoms with van der Waals surface area (Å²) < 4.78 is 1.20. The third kappa shape index (κ3) is 1.61. The molecule has 76 valence electrons. The highest BCUT2D eigenvalue weighted by atomic mass is 32.2. The van der Waals surface area contributed by atoms with Crippen LogP contribution >= 0.6 is 23.1 Å². The molecule has 15 heavy (non-hydrogen) atoms. The zero-order chi connectivity index (χ0) is 10.3. The third-order valence-electron chi connectivity index (χ3n) is 2.29. The van der Waals surface area contributed by atoms with Crippen LogP contribution in [0.2, 0.25) is 0 Å². The summed E-state index contributed by atoms with van der Waals surface area (Å²) in [5.41, 5.74) is 6.73. The Bertz CT molecular complexity index is 499. The number of allylic oxidation sites excluding steroid dienone is 1. The van der Waals surface area contributed by atoms with Crippen molar-refractivity contribution in [3.05, 3.63) is 34.6 Å². The van der Waals surface area contributed by atoms with E-state index in [2.05, 4.69) is 16.0 Å². The minimum Gasteiger partial charge on any atom is -0.394 e. The quantitative estimate of drug-likeness (QED) is 0.825. The fourth-order valence-corrected chi connectivity index (χ4v) is 3.65. The fraction of sp³-hybridized carbons (Fsp3) is 0.200. The van der Waals surface area contributed by atoms with Gasteiger partial charge in [-0.3, -0.25) is 4.98 Å². The van der Waals surface area contributed by atoms with Crippen molar-refractivity contribution in [2.24, 2.45) is 5.73 Å². The zero-order valence-electron chi connectivity index (χ0n) is 7.88. The third-order valence-corrected chi connectivity index (χ3v) is 4.73. The van der Waals surface area contributed by atoms with Crippen molar-refractivity contribution in [1.29, 1.82) is 0 Å². The summed E-state index contributed by atoms with van der Waals surface area (Å²) in [6.45, 7) is 0. The first kappa shape index (κ1) is 9.18. The zero-order valence-corrected chi connectivity index (χ0v) is 9.52. The van der Waals surface area contributed by atoms with Gasteiger partial charge in [-0.2, -0.15) is 0 Å². The molecule has 5 heteroatoms. The normalized spacial score (nSPS) is 20.8. The van der Waals surface area contributed by atoms with Gasteiger partial charge in [-0.1, -0.05) is 17.8 Å². The Morgan fingerprint density at radius 3 is 3.13 bits per heavy atom. The maximum atomic E-state index is 5.75. The highest BCUT2D eigenvalue weighted by Crippen LogP contribution is 2.43. The molecule has 0 aliphatic carbocycles. The summed E-state index contributed by atoms with van der Waals surface area (Å²) in [5, 5.41) is 2.47. The van der Waals surface area contributed by atoms with E-state index in [1.807, 2.05) is 12.3 Å². The van der Waals surface area contributed by atoms with Crippen molar-refractivity contribution >= 4 is 33.3 Å². The molecule has 2 aromatic rings. The van der Waals surface area contributed by atoms with Crippen molar-refractivity contribution in [3.63, 3.8) is 0 Å². The van der Waals surface area contributed by atoms with E-state index >= 15 is 0 Å². The molecule has 1 unspecified atom stereocenters. The topological polar surface area (TPSA) is 51.8 Å². The molecule has 3 nitrogen and oxygen atoms in total. The van der Waals surface area contributed by atoms with Gasteiger partial charge in [0, 0.05) is 6.20 Å². The molecular formula is C10H9N3S2. The highest BCUT2D eigenvalue weighted by Gasteiger charge is 2.21. The standard InChI is InChI=1S/C10H9N3S2/c11-9-2-1-8(14-9)10-13-6-5-12-4-3-7(6)15-10/h2-5,8H,1,11H2. The summed E-state index contributed by atoms with van der Waals surface area (Å²) in [6, 6.07) is 2.01. The summed E-state index contributed by atoms with van der Waals surface area (Å²) in [4.78, 5) is 8.64. The molecule has 0 amide bonds. The second-order valence-corrected chi connectivity index (χ2v) is 5.68. The summed E-state index contributed by atoms with van der Waals surface area (Å²) in [7, 11) is 0. The number of nitrogens with two attached hydrogens (primary N) is 1. The minimum absolute atomic E-state index is 0.405. The molecular weight excluding hydrogens is 226 g/mol. The molecule has 2 N–H and O–H groups in total. The van der Waals surface area contributed by atoms with Crippen LogP contribution in [0.4, 0.5) is 0 Å². The second-order valence-electron chi connectivity index (χ2n) is 3.34. The Morgan fingerprint density at radius 2 is 2.40 bits per heavy atom. The minimum atomic E-state index is 0.405. The molecule has 0 saturated heterocycles. The lowest BCUT2D eigenvalue weighted by Gasteiger charge is -2.02. The molecule has 2 aromatic heterocycles. The molecule has 0 fully saturated rings. The van der Waals surface area contributed by atoms with Gasteiger partial charge >= 0.3 is 0 Å². The number of pyridine rings is 1. The van der Waals surface area contributed by atoms with Crippen LogP contribution in [0.25, 0.3) is 10.2 Å². The Balaban J connectivity index is 1.99. The van der Waals surface area contributed by atoms with E-state index in [9.17, 15) is 0 Å². The molecule has 0 spiro atoms. The lowest BCUT2D eigenvalue weighted by molar-refractivity contribution is 0.974. The molecule has 3 heterocycles. The van der Waals surface area contributed by atoms with Crippen LogP contribution in [0.15, 0.2) is 29.6 Å². The Hall–Kier alpha value is -1.07. The molecule has 1 aliphatic rings. The number of thioether (sulfide) groups is 1. The number of thiazole rings is 1. The van der Waals surface area contributed by atoms with Crippen LogP contribution in [0.5, 0.6) is 0 Å². The summed E-state index contributed by atoms with van der Waals surface area (Å²) in [6.07, 6.45) is 6.67. The predicted molar refractivity (Wildman–Crippen MR) is 64.6 cm³/mol. The van der Waals surface area contributed by atoms with Crippen LogP contribution in [0, 0.1) is 0 Å². The fourth-order valence-electron chi connectivity index (χ4n) is 1.57. The van der Waals surface area contributed by atoms with Crippen LogP contribution < -0.4 is 5.73 Å². The number of hydrogen-bond donors (Lipinski definition) is 1.